The number of benzene rings is 1. The van der Waals surface area contributed by atoms with Crippen LogP contribution in [0.3, 0.4) is 0 Å². The maximum atomic E-state index is 12.0. The van der Waals surface area contributed by atoms with Crippen molar-refractivity contribution in [3.8, 4) is 0 Å². The number of hydrogen-bond donors (Lipinski definition) is 2. The van der Waals surface area contributed by atoms with Gasteiger partial charge in [-0.2, -0.15) is 0 Å². The molecule has 0 aliphatic heterocycles. The average molecular weight is 280 g/mol. The van der Waals surface area contributed by atoms with E-state index in [0.717, 1.165) is 4.90 Å². The Balaban J connectivity index is 2.66. The van der Waals surface area contributed by atoms with Crippen LogP contribution in [0.2, 0.25) is 0 Å². The second-order valence-electron chi connectivity index (χ2n) is 4.25. The van der Waals surface area contributed by atoms with Gasteiger partial charge in [-0.05, 0) is 45.0 Å². The summed E-state index contributed by atoms with van der Waals surface area (Å²) >= 11 is 4.16. The van der Waals surface area contributed by atoms with Crippen molar-refractivity contribution in [2.75, 3.05) is 13.1 Å². The van der Waals surface area contributed by atoms with E-state index in [4.69, 9.17) is 0 Å². The number of nitrogens with one attached hydrogen (secondary N) is 1. The summed E-state index contributed by atoms with van der Waals surface area (Å²) in [5, 5.41) is 2.71. The van der Waals surface area contributed by atoms with Crippen molar-refractivity contribution in [2.24, 2.45) is 0 Å². The second-order valence-corrected chi connectivity index (χ2v) is 4.77. The highest BCUT2D eigenvalue weighted by molar-refractivity contribution is 7.80. The molecule has 4 nitrogen and oxygen atoms in total. The molecule has 1 rings (SSSR count). The lowest BCUT2D eigenvalue weighted by atomic mass is 10.2. The first-order chi connectivity index (χ1) is 8.99. The van der Waals surface area contributed by atoms with Crippen LogP contribution >= 0.6 is 12.6 Å². The van der Waals surface area contributed by atoms with Crippen LogP contribution in [0.4, 0.5) is 0 Å². The minimum absolute atomic E-state index is 0.0656. The first kappa shape index (κ1) is 15.6. The van der Waals surface area contributed by atoms with Crippen molar-refractivity contribution < 1.29 is 9.59 Å². The van der Waals surface area contributed by atoms with Crippen molar-refractivity contribution in [3.05, 3.63) is 29.8 Å². The fourth-order valence-electron chi connectivity index (χ4n) is 1.76. The minimum Gasteiger partial charge on any atom is -0.341 e. The number of nitrogens with zero attached hydrogens (tertiary/aromatic N) is 1. The zero-order chi connectivity index (χ0) is 14.4. The Hall–Kier alpha value is -1.49. The molecule has 0 saturated heterocycles. The fraction of sp³-hybridized carbons (Fsp3) is 0.429. The predicted molar refractivity (Wildman–Crippen MR) is 78.6 cm³/mol. The number of amides is 2. The van der Waals surface area contributed by atoms with Gasteiger partial charge in [-0.3, -0.25) is 9.59 Å². The average Bonchev–Trinajstić information content (AvgIpc) is 2.40. The molecule has 0 spiro atoms. The van der Waals surface area contributed by atoms with Crippen LogP contribution in [-0.2, 0) is 4.79 Å². The number of rotatable bonds is 5. The molecule has 19 heavy (non-hydrogen) atoms. The van der Waals surface area contributed by atoms with Gasteiger partial charge in [0, 0.05) is 23.5 Å². The summed E-state index contributed by atoms with van der Waals surface area (Å²) in [6.45, 7) is 6.82. The highest BCUT2D eigenvalue weighted by Crippen LogP contribution is 2.08. The molecule has 0 radical (unpaired) electrons. The summed E-state index contributed by atoms with van der Waals surface area (Å²) < 4.78 is 0. The molecule has 0 saturated carbocycles. The van der Waals surface area contributed by atoms with Gasteiger partial charge in [-0.15, -0.1) is 12.6 Å². The van der Waals surface area contributed by atoms with Gasteiger partial charge in [0.15, 0.2) is 0 Å². The molecular formula is C14H20N2O2S. The van der Waals surface area contributed by atoms with Crippen LogP contribution in [0.5, 0.6) is 0 Å². The molecule has 0 fully saturated rings. The van der Waals surface area contributed by atoms with Crippen molar-refractivity contribution >= 4 is 24.4 Å². The summed E-state index contributed by atoms with van der Waals surface area (Å²) in [5.41, 5.74) is 0.525. The third-order valence-corrected chi connectivity index (χ3v) is 3.22. The quantitative estimate of drug-likeness (QED) is 0.810. The van der Waals surface area contributed by atoms with E-state index in [9.17, 15) is 9.59 Å². The highest BCUT2D eigenvalue weighted by atomic mass is 32.1. The molecule has 2 amide bonds. The van der Waals surface area contributed by atoms with E-state index in [1.54, 1.807) is 36.1 Å². The lowest BCUT2D eigenvalue weighted by Gasteiger charge is -2.23. The first-order valence-corrected chi connectivity index (χ1v) is 6.83. The second kappa shape index (κ2) is 7.19. The number of likely N-dealkylation sites (N-methyl/N-ethyl adjacent to an activating group) is 1. The Morgan fingerprint density at radius 2 is 1.74 bits per heavy atom. The molecule has 1 aromatic rings. The Labute approximate surface area is 119 Å². The van der Waals surface area contributed by atoms with Crippen molar-refractivity contribution in [2.45, 2.75) is 31.7 Å². The molecule has 0 aliphatic rings. The van der Waals surface area contributed by atoms with Gasteiger partial charge >= 0.3 is 0 Å². The zero-order valence-corrected chi connectivity index (χ0v) is 12.4. The number of carbonyl (C=O) groups excluding carboxylic acids is 2. The van der Waals surface area contributed by atoms with E-state index in [-0.39, 0.29) is 11.8 Å². The molecule has 0 aliphatic carbocycles. The van der Waals surface area contributed by atoms with E-state index in [0.29, 0.717) is 18.7 Å². The summed E-state index contributed by atoms with van der Waals surface area (Å²) in [4.78, 5) is 26.5. The third-order valence-electron chi connectivity index (χ3n) is 2.92. The van der Waals surface area contributed by atoms with Crippen molar-refractivity contribution in [3.63, 3.8) is 0 Å². The minimum atomic E-state index is -0.525. The monoisotopic (exact) mass is 280 g/mol. The molecule has 0 heterocycles. The van der Waals surface area contributed by atoms with Crippen LogP contribution in [0.25, 0.3) is 0 Å². The number of carbonyl (C=O) groups is 2. The van der Waals surface area contributed by atoms with Crippen LogP contribution in [-0.4, -0.2) is 35.8 Å². The molecule has 104 valence electrons. The topological polar surface area (TPSA) is 49.4 Å². The Morgan fingerprint density at radius 1 is 1.21 bits per heavy atom. The van der Waals surface area contributed by atoms with Crippen LogP contribution in [0.15, 0.2) is 29.2 Å². The smallest absolute Gasteiger partial charge is 0.251 e. The highest BCUT2D eigenvalue weighted by Gasteiger charge is 2.20. The van der Waals surface area contributed by atoms with Gasteiger partial charge in [0.05, 0.1) is 0 Å². The van der Waals surface area contributed by atoms with Crippen molar-refractivity contribution in [1.82, 2.24) is 10.2 Å². The summed E-state index contributed by atoms with van der Waals surface area (Å²) in [7, 11) is 0. The van der Waals surface area contributed by atoms with Gasteiger partial charge in [0.1, 0.15) is 6.04 Å². The van der Waals surface area contributed by atoms with E-state index < -0.39 is 6.04 Å². The number of thiol groups is 1. The molecule has 0 aromatic heterocycles. The lowest BCUT2D eigenvalue weighted by molar-refractivity contribution is -0.132. The van der Waals surface area contributed by atoms with Crippen LogP contribution in [0, 0.1) is 0 Å². The fourth-order valence-corrected chi connectivity index (χ4v) is 1.91. The third kappa shape index (κ3) is 4.28. The normalized spacial score (nSPS) is 11.8. The van der Waals surface area contributed by atoms with Gasteiger partial charge in [-0.25, -0.2) is 0 Å². The lowest BCUT2D eigenvalue weighted by Crippen LogP contribution is -2.46. The van der Waals surface area contributed by atoms with E-state index in [1.165, 1.54) is 0 Å². The molecule has 0 bridgehead atoms. The SMILES string of the molecule is CCN(CC)C(=O)C(C)NC(=O)c1ccc(S)cc1. The Morgan fingerprint density at radius 3 is 2.21 bits per heavy atom. The zero-order valence-electron chi connectivity index (χ0n) is 11.5. The molecule has 1 unspecified atom stereocenters. The van der Waals surface area contributed by atoms with Gasteiger partial charge in [0.25, 0.3) is 5.91 Å². The maximum Gasteiger partial charge on any atom is 0.251 e. The summed E-state index contributed by atoms with van der Waals surface area (Å²) in [6, 6.07) is 6.34. The predicted octanol–water partition coefficient (Wildman–Crippen LogP) is 1.96. The Bertz CT molecular complexity index is 441. The Kier molecular flexibility index (Phi) is 5.89. The maximum absolute atomic E-state index is 12.0. The first-order valence-electron chi connectivity index (χ1n) is 6.38. The molecule has 1 aromatic carbocycles. The standard InChI is InChI=1S/C14H20N2O2S/c1-4-16(5-2)14(18)10(3)15-13(17)11-6-8-12(19)9-7-11/h6-10,19H,4-5H2,1-3H3,(H,15,17). The number of hydrogen-bond acceptors (Lipinski definition) is 3. The molecule has 1 atom stereocenters. The van der Waals surface area contributed by atoms with Gasteiger partial charge < -0.3 is 10.2 Å². The van der Waals surface area contributed by atoms with Crippen LogP contribution in [0.1, 0.15) is 31.1 Å². The summed E-state index contributed by atoms with van der Waals surface area (Å²) in [5.74, 6) is -0.314. The van der Waals surface area contributed by atoms with Crippen molar-refractivity contribution in [1.29, 1.82) is 0 Å². The van der Waals surface area contributed by atoms with Crippen LogP contribution < -0.4 is 5.32 Å². The summed E-state index contributed by atoms with van der Waals surface area (Å²) in [6.07, 6.45) is 0. The molecular weight excluding hydrogens is 260 g/mol. The van der Waals surface area contributed by atoms with Gasteiger partial charge in [-0.1, -0.05) is 0 Å². The van der Waals surface area contributed by atoms with E-state index in [2.05, 4.69) is 17.9 Å². The molecule has 1 N–H and O–H groups in total. The van der Waals surface area contributed by atoms with Gasteiger partial charge in [0.2, 0.25) is 5.91 Å². The molecule has 5 heteroatoms. The van der Waals surface area contributed by atoms with E-state index >= 15 is 0 Å². The van der Waals surface area contributed by atoms with E-state index in [1.807, 2.05) is 13.8 Å². The largest absolute Gasteiger partial charge is 0.341 e.